The van der Waals surface area contributed by atoms with Crippen LogP contribution in [0.15, 0.2) is 24.3 Å². The van der Waals surface area contributed by atoms with Crippen molar-refractivity contribution >= 4 is 46.6 Å². The van der Waals surface area contributed by atoms with Crippen LogP contribution < -0.4 is 10.6 Å². The second kappa shape index (κ2) is 7.09. The Morgan fingerprint density at radius 3 is 2.65 bits per heavy atom. The number of rotatable bonds is 3. The van der Waals surface area contributed by atoms with Crippen LogP contribution in [0.1, 0.15) is 32.1 Å². The maximum atomic E-state index is 12.1. The molecule has 0 aliphatic carbocycles. The summed E-state index contributed by atoms with van der Waals surface area (Å²) in [4.78, 5) is 12.1. The third-order valence-electron chi connectivity index (χ3n) is 4.15. The summed E-state index contributed by atoms with van der Waals surface area (Å²) >= 11 is 2.26. The van der Waals surface area contributed by atoms with Crippen molar-refractivity contribution in [2.24, 2.45) is 5.92 Å². The van der Waals surface area contributed by atoms with E-state index in [4.69, 9.17) is 0 Å². The zero-order valence-electron chi connectivity index (χ0n) is 11.3. The number of hydrogen-bond acceptors (Lipinski definition) is 2. The van der Waals surface area contributed by atoms with E-state index in [0.29, 0.717) is 24.4 Å². The Labute approximate surface area is 139 Å². The van der Waals surface area contributed by atoms with Crippen molar-refractivity contribution in [2.75, 3.05) is 5.32 Å². The second-order valence-electron chi connectivity index (χ2n) is 5.74. The summed E-state index contributed by atoms with van der Waals surface area (Å²) in [6, 6.07) is 9.28. The summed E-state index contributed by atoms with van der Waals surface area (Å²) in [6.07, 6.45) is 5.58. The molecule has 2 unspecified atom stereocenters. The molecule has 20 heavy (non-hydrogen) atoms. The van der Waals surface area contributed by atoms with Gasteiger partial charge in [0, 0.05) is 27.8 Å². The first-order valence-electron chi connectivity index (χ1n) is 7.00. The molecule has 1 aromatic rings. The van der Waals surface area contributed by atoms with E-state index in [-0.39, 0.29) is 18.3 Å². The monoisotopic (exact) mass is 406 g/mol. The van der Waals surface area contributed by atoms with Gasteiger partial charge in [-0.05, 0) is 72.4 Å². The standard InChI is InChI=1S/C15H19IN2O.ClH/c16-11-2-1-3-12(9-11)18-15(19)8-10-6-13-4-5-14(7-10)17-13;/h1-3,9-10,13-14,17H,4-8H2,(H,18,19);1H. The van der Waals surface area contributed by atoms with Gasteiger partial charge in [-0.25, -0.2) is 0 Å². The molecule has 2 aliphatic heterocycles. The highest BCUT2D eigenvalue weighted by atomic mass is 127. The fraction of sp³-hybridized carbons (Fsp3) is 0.533. The number of carbonyl (C=O) groups is 1. The highest BCUT2D eigenvalue weighted by Crippen LogP contribution is 2.32. The van der Waals surface area contributed by atoms with Gasteiger partial charge in [-0.1, -0.05) is 6.07 Å². The van der Waals surface area contributed by atoms with E-state index in [2.05, 4.69) is 33.2 Å². The highest BCUT2D eigenvalue weighted by molar-refractivity contribution is 14.1. The van der Waals surface area contributed by atoms with Crippen LogP contribution in [0.3, 0.4) is 0 Å². The van der Waals surface area contributed by atoms with Crippen molar-refractivity contribution in [3.8, 4) is 0 Å². The molecule has 3 rings (SSSR count). The zero-order valence-corrected chi connectivity index (χ0v) is 14.2. The molecule has 0 spiro atoms. The third-order valence-corrected chi connectivity index (χ3v) is 4.82. The average Bonchev–Trinajstić information content (AvgIpc) is 2.68. The van der Waals surface area contributed by atoms with Crippen LogP contribution in [0.25, 0.3) is 0 Å². The number of benzene rings is 1. The molecule has 2 saturated heterocycles. The van der Waals surface area contributed by atoms with Crippen molar-refractivity contribution in [1.29, 1.82) is 0 Å². The van der Waals surface area contributed by atoms with Crippen molar-refractivity contribution in [1.82, 2.24) is 5.32 Å². The molecule has 0 aromatic heterocycles. The minimum Gasteiger partial charge on any atom is -0.326 e. The lowest BCUT2D eigenvalue weighted by atomic mass is 9.89. The number of amides is 1. The third kappa shape index (κ3) is 4.09. The molecular formula is C15H20ClIN2O. The predicted molar refractivity (Wildman–Crippen MR) is 92.3 cm³/mol. The first-order valence-corrected chi connectivity index (χ1v) is 8.08. The summed E-state index contributed by atoms with van der Waals surface area (Å²) in [5.41, 5.74) is 0.911. The molecule has 0 radical (unpaired) electrons. The average molecular weight is 407 g/mol. The summed E-state index contributed by atoms with van der Waals surface area (Å²) in [6.45, 7) is 0. The van der Waals surface area contributed by atoms with Gasteiger partial charge in [-0.15, -0.1) is 12.4 Å². The number of nitrogens with one attached hydrogen (secondary N) is 2. The van der Waals surface area contributed by atoms with Gasteiger partial charge in [0.05, 0.1) is 0 Å². The van der Waals surface area contributed by atoms with Gasteiger partial charge < -0.3 is 10.6 Å². The molecule has 2 heterocycles. The number of carbonyl (C=O) groups excluding carboxylic acids is 1. The number of fused-ring (bicyclic) bond motifs is 2. The van der Waals surface area contributed by atoms with Gasteiger partial charge in [0.15, 0.2) is 0 Å². The Morgan fingerprint density at radius 1 is 1.30 bits per heavy atom. The lowest BCUT2D eigenvalue weighted by Gasteiger charge is -2.28. The first-order chi connectivity index (χ1) is 9.19. The van der Waals surface area contributed by atoms with Gasteiger partial charge in [0.1, 0.15) is 0 Å². The lowest BCUT2D eigenvalue weighted by Crippen LogP contribution is -2.39. The van der Waals surface area contributed by atoms with E-state index >= 15 is 0 Å². The van der Waals surface area contributed by atoms with Crippen molar-refractivity contribution in [3.63, 3.8) is 0 Å². The SMILES string of the molecule is Cl.O=C(CC1CC2CCC(C1)N2)Nc1cccc(I)c1. The number of halogens is 2. The van der Waals surface area contributed by atoms with E-state index in [1.54, 1.807) is 0 Å². The molecule has 2 bridgehead atoms. The quantitative estimate of drug-likeness (QED) is 0.754. The lowest BCUT2D eigenvalue weighted by molar-refractivity contribution is -0.117. The predicted octanol–water partition coefficient (Wildman–Crippen LogP) is 3.57. The molecule has 110 valence electrons. The molecular weight excluding hydrogens is 387 g/mol. The normalized spacial score (nSPS) is 27.8. The number of anilines is 1. The van der Waals surface area contributed by atoms with E-state index in [1.165, 1.54) is 12.8 Å². The molecule has 2 N–H and O–H groups in total. The van der Waals surface area contributed by atoms with Gasteiger partial charge in [0.25, 0.3) is 0 Å². The van der Waals surface area contributed by atoms with Crippen molar-refractivity contribution in [3.05, 3.63) is 27.8 Å². The Balaban J connectivity index is 0.00000147. The molecule has 5 heteroatoms. The minimum absolute atomic E-state index is 0. The Hall–Kier alpha value is -0.330. The molecule has 2 atom stereocenters. The minimum atomic E-state index is 0. The molecule has 1 aromatic carbocycles. The van der Waals surface area contributed by atoms with Gasteiger partial charge in [0.2, 0.25) is 5.91 Å². The first kappa shape index (κ1) is 16.0. The summed E-state index contributed by atoms with van der Waals surface area (Å²) in [5.74, 6) is 0.717. The zero-order chi connectivity index (χ0) is 13.2. The summed E-state index contributed by atoms with van der Waals surface area (Å²) in [5, 5.41) is 6.63. The van der Waals surface area contributed by atoms with Crippen LogP contribution in [0, 0.1) is 9.49 Å². The molecule has 2 fully saturated rings. The summed E-state index contributed by atoms with van der Waals surface area (Å²) in [7, 11) is 0. The molecule has 2 aliphatic rings. The van der Waals surface area contributed by atoms with Crippen molar-refractivity contribution in [2.45, 2.75) is 44.2 Å². The van der Waals surface area contributed by atoms with E-state index in [1.807, 2.05) is 24.3 Å². The fourth-order valence-corrected chi connectivity index (χ4v) is 3.93. The molecule has 3 nitrogen and oxygen atoms in total. The van der Waals surface area contributed by atoms with Crippen LogP contribution >= 0.6 is 35.0 Å². The summed E-state index contributed by atoms with van der Waals surface area (Å²) < 4.78 is 1.15. The maximum absolute atomic E-state index is 12.1. The van der Waals surface area contributed by atoms with E-state index in [9.17, 15) is 4.79 Å². The Bertz CT molecular complexity index is 471. The van der Waals surface area contributed by atoms with Crippen LogP contribution in [-0.4, -0.2) is 18.0 Å². The Kier molecular flexibility index (Phi) is 5.69. The fourth-order valence-electron chi connectivity index (χ4n) is 3.38. The second-order valence-corrected chi connectivity index (χ2v) is 6.98. The largest absolute Gasteiger partial charge is 0.326 e. The topological polar surface area (TPSA) is 41.1 Å². The van der Waals surface area contributed by atoms with Crippen molar-refractivity contribution < 1.29 is 4.79 Å². The Morgan fingerprint density at radius 2 is 2.00 bits per heavy atom. The molecule has 1 amide bonds. The van der Waals surface area contributed by atoms with Crippen LogP contribution in [-0.2, 0) is 4.79 Å². The molecule has 0 saturated carbocycles. The smallest absolute Gasteiger partial charge is 0.224 e. The van der Waals surface area contributed by atoms with Gasteiger partial charge in [-0.2, -0.15) is 0 Å². The van der Waals surface area contributed by atoms with Crippen LogP contribution in [0.5, 0.6) is 0 Å². The van der Waals surface area contributed by atoms with Gasteiger partial charge >= 0.3 is 0 Å². The maximum Gasteiger partial charge on any atom is 0.224 e. The van der Waals surface area contributed by atoms with Gasteiger partial charge in [-0.3, -0.25) is 4.79 Å². The van der Waals surface area contributed by atoms with Crippen LogP contribution in [0.4, 0.5) is 5.69 Å². The highest BCUT2D eigenvalue weighted by Gasteiger charge is 2.34. The van der Waals surface area contributed by atoms with E-state index < -0.39 is 0 Å². The van der Waals surface area contributed by atoms with Crippen LogP contribution in [0.2, 0.25) is 0 Å². The number of piperidine rings is 1. The van der Waals surface area contributed by atoms with E-state index in [0.717, 1.165) is 22.1 Å². The number of hydrogen-bond donors (Lipinski definition) is 2.